The molecule has 0 amide bonds. The van der Waals surface area contributed by atoms with Crippen molar-refractivity contribution in [3.63, 3.8) is 0 Å². The third kappa shape index (κ3) is 1.98. The molecule has 0 radical (unpaired) electrons. The molecule has 0 unspecified atom stereocenters. The molecule has 5 nitrogen and oxygen atoms in total. The number of nitrogens with one attached hydrogen (secondary N) is 1. The Labute approximate surface area is 94.0 Å². The highest BCUT2D eigenvalue weighted by atomic mass is 15.0. The highest BCUT2D eigenvalue weighted by Crippen LogP contribution is 2.21. The van der Waals surface area contributed by atoms with E-state index in [0.717, 1.165) is 29.3 Å². The van der Waals surface area contributed by atoms with Gasteiger partial charge in [0.25, 0.3) is 0 Å². The third-order valence-electron chi connectivity index (χ3n) is 2.23. The van der Waals surface area contributed by atoms with Crippen molar-refractivity contribution < 1.29 is 0 Å². The molecule has 0 spiro atoms. The Morgan fingerprint density at radius 2 is 2.06 bits per heavy atom. The van der Waals surface area contributed by atoms with Crippen molar-refractivity contribution in [2.75, 3.05) is 11.9 Å². The van der Waals surface area contributed by atoms with Crippen LogP contribution in [0.4, 0.5) is 5.82 Å². The maximum absolute atomic E-state index is 4.24. The van der Waals surface area contributed by atoms with Crippen molar-refractivity contribution in [1.82, 2.24) is 19.9 Å². The van der Waals surface area contributed by atoms with Gasteiger partial charge in [-0.1, -0.05) is 0 Å². The number of hydrogen-bond acceptors (Lipinski definition) is 5. The highest BCUT2D eigenvalue weighted by Gasteiger charge is 2.09. The van der Waals surface area contributed by atoms with Crippen LogP contribution in [0.25, 0.3) is 11.4 Å². The molecule has 16 heavy (non-hydrogen) atoms. The van der Waals surface area contributed by atoms with Crippen molar-refractivity contribution in [2.45, 2.75) is 13.8 Å². The van der Waals surface area contributed by atoms with Gasteiger partial charge >= 0.3 is 0 Å². The fraction of sp³-hybridized carbons (Fsp3) is 0.273. The zero-order valence-electron chi connectivity index (χ0n) is 9.31. The van der Waals surface area contributed by atoms with Gasteiger partial charge in [0.1, 0.15) is 17.8 Å². The lowest BCUT2D eigenvalue weighted by Crippen LogP contribution is -2.04. The van der Waals surface area contributed by atoms with Crippen LogP contribution in [0.2, 0.25) is 0 Å². The molecule has 2 aromatic rings. The van der Waals surface area contributed by atoms with Gasteiger partial charge in [-0.2, -0.15) is 0 Å². The van der Waals surface area contributed by atoms with Gasteiger partial charge < -0.3 is 5.32 Å². The molecular formula is C11H13N5. The predicted octanol–water partition coefficient (Wildman–Crippen LogP) is 1.67. The number of anilines is 1. The Kier molecular flexibility index (Phi) is 3.05. The minimum Gasteiger partial charge on any atom is -0.370 e. The standard InChI is InChI=1S/C11H13N5/c1-3-13-11-8(2)10(15-7-16-11)9-6-12-4-5-14-9/h4-7H,3H2,1-2H3,(H,13,15,16). The molecule has 0 aliphatic carbocycles. The van der Waals surface area contributed by atoms with Gasteiger partial charge in [-0.05, 0) is 13.8 Å². The van der Waals surface area contributed by atoms with Crippen molar-refractivity contribution in [3.05, 3.63) is 30.5 Å². The first kappa shape index (κ1) is 10.5. The van der Waals surface area contributed by atoms with Crippen LogP contribution < -0.4 is 5.32 Å². The van der Waals surface area contributed by atoms with E-state index in [9.17, 15) is 0 Å². The molecular weight excluding hydrogens is 202 g/mol. The number of rotatable bonds is 3. The summed E-state index contributed by atoms with van der Waals surface area (Å²) in [4.78, 5) is 16.7. The smallest absolute Gasteiger partial charge is 0.132 e. The van der Waals surface area contributed by atoms with Gasteiger partial charge in [-0.25, -0.2) is 9.97 Å². The Morgan fingerprint density at radius 3 is 2.75 bits per heavy atom. The second kappa shape index (κ2) is 4.65. The maximum Gasteiger partial charge on any atom is 0.132 e. The van der Waals surface area contributed by atoms with Gasteiger partial charge in [0.15, 0.2) is 0 Å². The van der Waals surface area contributed by atoms with Crippen LogP contribution in [-0.4, -0.2) is 26.5 Å². The first-order valence-electron chi connectivity index (χ1n) is 5.14. The largest absolute Gasteiger partial charge is 0.370 e. The summed E-state index contributed by atoms with van der Waals surface area (Å²) in [5.74, 6) is 0.846. The fourth-order valence-electron chi connectivity index (χ4n) is 1.48. The van der Waals surface area contributed by atoms with E-state index in [-0.39, 0.29) is 0 Å². The van der Waals surface area contributed by atoms with Crippen molar-refractivity contribution in [3.8, 4) is 11.4 Å². The molecule has 5 heteroatoms. The van der Waals surface area contributed by atoms with Crippen molar-refractivity contribution >= 4 is 5.82 Å². The molecule has 0 fully saturated rings. The minimum absolute atomic E-state index is 0.765. The van der Waals surface area contributed by atoms with Crippen molar-refractivity contribution in [2.24, 2.45) is 0 Å². The van der Waals surface area contributed by atoms with Gasteiger partial charge in [0, 0.05) is 24.5 Å². The first-order chi connectivity index (χ1) is 7.83. The SMILES string of the molecule is CCNc1ncnc(-c2cnccn2)c1C. The molecule has 0 atom stereocenters. The van der Waals surface area contributed by atoms with E-state index in [0.29, 0.717) is 0 Å². The summed E-state index contributed by atoms with van der Waals surface area (Å²) in [6.45, 7) is 4.84. The van der Waals surface area contributed by atoms with E-state index in [2.05, 4.69) is 25.3 Å². The topological polar surface area (TPSA) is 63.6 Å². The van der Waals surface area contributed by atoms with Gasteiger partial charge in [0.2, 0.25) is 0 Å². The summed E-state index contributed by atoms with van der Waals surface area (Å²) < 4.78 is 0. The molecule has 82 valence electrons. The van der Waals surface area contributed by atoms with Crippen LogP contribution in [0, 0.1) is 6.92 Å². The molecule has 0 aliphatic heterocycles. The van der Waals surface area contributed by atoms with E-state index in [1.54, 1.807) is 18.6 Å². The average molecular weight is 215 g/mol. The van der Waals surface area contributed by atoms with E-state index in [4.69, 9.17) is 0 Å². The Morgan fingerprint density at radius 1 is 1.19 bits per heavy atom. The normalized spacial score (nSPS) is 10.1. The highest BCUT2D eigenvalue weighted by molar-refractivity contribution is 5.63. The number of aromatic nitrogens is 4. The summed E-state index contributed by atoms with van der Waals surface area (Å²) in [6, 6.07) is 0. The molecule has 0 saturated carbocycles. The summed E-state index contributed by atoms with van der Waals surface area (Å²) in [6.07, 6.45) is 6.54. The Hall–Kier alpha value is -2.04. The van der Waals surface area contributed by atoms with Gasteiger partial charge in [0.05, 0.1) is 11.9 Å². The monoisotopic (exact) mass is 215 g/mol. The summed E-state index contributed by atoms with van der Waals surface area (Å²) >= 11 is 0. The quantitative estimate of drug-likeness (QED) is 0.843. The Bertz CT molecular complexity index is 469. The zero-order chi connectivity index (χ0) is 11.4. The van der Waals surface area contributed by atoms with E-state index in [1.165, 1.54) is 6.33 Å². The lowest BCUT2D eigenvalue weighted by atomic mass is 10.2. The van der Waals surface area contributed by atoms with E-state index >= 15 is 0 Å². The second-order valence-electron chi connectivity index (χ2n) is 3.32. The lowest BCUT2D eigenvalue weighted by molar-refractivity contribution is 1.07. The van der Waals surface area contributed by atoms with Crippen LogP contribution in [0.15, 0.2) is 24.9 Å². The fourth-order valence-corrected chi connectivity index (χ4v) is 1.48. The van der Waals surface area contributed by atoms with E-state index in [1.807, 2.05) is 13.8 Å². The molecule has 2 aromatic heterocycles. The summed E-state index contributed by atoms with van der Waals surface area (Å²) in [5.41, 5.74) is 2.57. The molecule has 1 N–H and O–H groups in total. The maximum atomic E-state index is 4.24. The molecule has 2 heterocycles. The lowest BCUT2D eigenvalue weighted by Gasteiger charge is -2.08. The van der Waals surface area contributed by atoms with E-state index < -0.39 is 0 Å². The second-order valence-corrected chi connectivity index (χ2v) is 3.32. The summed E-state index contributed by atoms with van der Waals surface area (Å²) in [5, 5.41) is 3.19. The van der Waals surface area contributed by atoms with Crippen molar-refractivity contribution in [1.29, 1.82) is 0 Å². The Balaban J connectivity index is 2.46. The molecule has 2 rings (SSSR count). The number of hydrogen-bond donors (Lipinski definition) is 1. The third-order valence-corrected chi connectivity index (χ3v) is 2.23. The average Bonchev–Trinajstić information content (AvgIpc) is 2.33. The predicted molar refractivity (Wildman–Crippen MR) is 62.0 cm³/mol. The molecule has 0 aliphatic rings. The van der Waals surface area contributed by atoms with Crippen LogP contribution in [0.1, 0.15) is 12.5 Å². The van der Waals surface area contributed by atoms with Crippen LogP contribution in [-0.2, 0) is 0 Å². The van der Waals surface area contributed by atoms with Gasteiger partial charge in [-0.3, -0.25) is 9.97 Å². The molecule has 0 saturated heterocycles. The number of nitrogens with zero attached hydrogens (tertiary/aromatic N) is 4. The minimum atomic E-state index is 0.765. The van der Waals surface area contributed by atoms with Crippen LogP contribution in [0.5, 0.6) is 0 Å². The van der Waals surface area contributed by atoms with Crippen LogP contribution in [0.3, 0.4) is 0 Å². The van der Waals surface area contributed by atoms with Crippen LogP contribution >= 0.6 is 0 Å². The zero-order valence-corrected chi connectivity index (χ0v) is 9.31. The molecule has 0 bridgehead atoms. The first-order valence-corrected chi connectivity index (χ1v) is 5.14. The molecule has 0 aromatic carbocycles. The van der Waals surface area contributed by atoms with Gasteiger partial charge in [-0.15, -0.1) is 0 Å². The summed E-state index contributed by atoms with van der Waals surface area (Å²) in [7, 11) is 0.